The summed E-state index contributed by atoms with van der Waals surface area (Å²) in [6.07, 6.45) is 1.56. The van der Waals surface area contributed by atoms with Crippen LogP contribution >= 0.6 is 0 Å². The summed E-state index contributed by atoms with van der Waals surface area (Å²) < 4.78 is 5.66. The van der Waals surface area contributed by atoms with Crippen molar-refractivity contribution in [2.75, 3.05) is 20.6 Å². The van der Waals surface area contributed by atoms with E-state index in [0.29, 0.717) is 11.4 Å². The fraction of sp³-hybridized carbons (Fsp3) is 0.364. The zero-order valence-corrected chi connectivity index (χ0v) is 9.66. The Bertz CT molecular complexity index is 471. The second-order valence-corrected chi connectivity index (χ2v) is 4.11. The molecule has 0 amide bonds. The van der Waals surface area contributed by atoms with Crippen LogP contribution in [-0.4, -0.2) is 42.8 Å². The number of hydrogen-bond donors (Lipinski definition) is 0. The number of nitrogens with zero attached hydrogens (tertiary/aromatic N) is 3. The minimum Gasteiger partial charge on any atom is -0.481 e. The number of rotatable bonds is 3. The van der Waals surface area contributed by atoms with Crippen molar-refractivity contribution in [3.63, 3.8) is 0 Å². The first-order chi connectivity index (χ1) is 8.06. The predicted octanol–water partition coefficient (Wildman–Crippen LogP) is 1.62. The molecule has 1 aliphatic heterocycles. The molecule has 1 aromatic carbocycles. The highest BCUT2D eigenvalue weighted by atomic mass is 16.6. The molecule has 2 rings (SSSR count). The standard InChI is InChI=1S/C11H13N3O3/c1-13(2)7-9-6-12-10-5-8(14(15)16)3-4-11(10)17-9/h3-6,9H,7H2,1-2H3. The van der Waals surface area contributed by atoms with Crippen molar-refractivity contribution in [2.45, 2.75) is 6.10 Å². The molecule has 1 unspecified atom stereocenters. The number of aliphatic imine (C=N–C) groups is 1. The SMILES string of the molecule is CN(C)CC1C=Nc2cc([N+](=O)[O-])ccc2O1. The number of hydrogen-bond acceptors (Lipinski definition) is 5. The van der Waals surface area contributed by atoms with Gasteiger partial charge in [0.1, 0.15) is 17.5 Å². The van der Waals surface area contributed by atoms with Gasteiger partial charge in [-0.05, 0) is 20.2 Å². The van der Waals surface area contributed by atoms with E-state index in [1.54, 1.807) is 12.3 Å². The predicted molar refractivity (Wildman–Crippen MR) is 64.2 cm³/mol. The topological polar surface area (TPSA) is 68.0 Å². The smallest absolute Gasteiger partial charge is 0.271 e. The van der Waals surface area contributed by atoms with E-state index in [-0.39, 0.29) is 11.8 Å². The zero-order valence-electron chi connectivity index (χ0n) is 9.66. The molecule has 1 aliphatic rings. The fourth-order valence-corrected chi connectivity index (χ4v) is 1.62. The number of likely N-dealkylation sites (N-methyl/N-ethyl adjacent to an activating group) is 1. The summed E-state index contributed by atoms with van der Waals surface area (Å²) in [5.74, 6) is 0.588. The molecule has 17 heavy (non-hydrogen) atoms. The van der Waals surface area contributed by atoms with E-state index in [9.17, 15) is 10.1 Å². The highest BCUT2D eigenvalue weighted by Gasteiger charge is 2.19. The van der Waals surface area contributed by atoms with E-state index < -0.39 is 4.92 Å². The van der Waals surface area contributed by atoms with Crippen LogP contribution in [0, 0.1) is 10.1 Å². The van der Waals surface area contributed by atoms with Gasteiger partial charge in [-0.3, -0.25) is 15.1 Å². The molecule has 0 spiro atoms. The normalized spacial score (nSPS) is 17.7. The molecule has 0 aliphatic carbocycles. The lowest BCUT2D eigenvalue weighted by molar-refractivity contribution is -0.384. The third-order valence-electron chi connectivity index (χ3n) is 2.36. The molecular weight excluding hydrogens is 222 g/mol. The minimum absolute atomic E-state index is 0.0237. The summed E-state index contributed by atoms with van der Waals surface area (Å²) in [5.41, 5.74) is 0.532. The molecule has 0 radical (unpaired) electrons. The van der Waals surface area contributed by atoms with Crippen LogP contribution in [0.25, 0.3) is 0 Å². The Morgan fingerprint density at radius 2 is 2.29 bits per heavy atom. The van der Waals surface area contributed by atoms with Gasteiger partial charge in [-0.2, -0.15) is 0 Å². The van der Waals surface area contributed by atoms with Gasteiger partial charge in [0.2, 0.25) is 0 Å². The number of ether oxygens (including phenoxy) is 1. The van der Waals surface area contributed by atoms with Gasteiger partial charge in [0, 0.05) is 24.9 Å². The third kappa shape index (κ3) is 2.59. The molecule has 0 bridgehead atoms. The summed E-state index contributed by atoms with van der Waals surface area (Å²) >= 11 is 0. The van der Waals surface area contributed by atoms with Crippen molar-refractivity contribution in [3.8, 4) is 5.75 Å². The molecule has 0 fully saturated rings. The van der Waals surface area contributed by atoms with Crippen LogP contribution in [0.15, 0.2) is 23.2 Å². The van der Waals surface area contributed by atoms with Gasteiger partial charge in [0.05, 0.1) is 4.92 Å². The van der Waals surface area contributed by atoms with Crippen LogP contribution in [0.2, 0.25) is 0 Å². The Labute approximate surface area is 98.7 Å². The molecule has 6 nitrogen and oxygen atoms in total. The second-order valence-electron chi connectivity index (χ2n) is 4.11. The largest absolute Gasteiger partial charge is 0.481 e. The van der Waals surface area contributed by atoms with Crippen LogP contribution in [0.4, 0.5) is 11.4 Å². The van der Waals surface area contributed by atoms with Crippen molar-refractivity contribution in [1.29, 1.82) is 0 Å². The summed E-state index contributed by atoms with van der Waals surface area (Å²) in [6.45, 7) is 0.722. The molecule has 0 N–H and O–H groups in total. The zero-order chi connectivity index (χ0) is 12.4. The lowest BCUT2D eigenvalue weighted by Crippen LogP contribution is -2.33. The van der Waals surface area contributed by atoms with E-state index in [0.717, 1.165) is 6.54 Å². The van der Waals surface area contributed by atoms with Gasteiger partial charge < -0.3 is 9.64 Å². The molecule has 6 heteroatoms. The number of fused-ring (bicyclic) bond motifs is 1. The molecule has 1 atom stereocenters. The average molecular weight is 235 g/mol. The van der Waals surface area contributed by atoms with Crippen molar-refractivity contribution < 1.29 is 9.66 Å². The molecule has 0 aromatic heterocycles. The van der Waals surface area contributed by atoms with Gasteiger partial charge in [-0.15, -0.1) is 0 Å². The molecule has 1 heterocycles. The quantitative estimate of drug-likeness (QED) is 0.589. The molecule has 1 aromatic rings. The summed E-state index contributed by atoms with van der Waals surface area (Å²) in [6, 6.07) is 4.43. The lowest BCUT2D eigenvalue weighted by atomic mass is 10.2. The number of nitro groups is 1. The first-order valence-corrected chi connectivity index (χ1v) is 5.20. The van der Waals surface area contributed by atoms with E-state index in [1.807, 2.05) is 19.0 Å². The maximum Gasteiger partial charge on any atom is 0.271 e. The maximum absolute atomic E-state index is 10.6. The van der Waals surface area contributed by atoms with Gasteiger partial charge in [-0.1, -0.05) is 0 Å². The Hall–Kier alpha value is -1.95. The maximum atomic E-state index is 10.6. The fourth-order valence-electron chi connectivity index (χ4n) is 1.62. The van der Waals surface area contributed by atoms with Crippen LogP contribution in [0.1, 0.15) is 0 Å². The highest BCUT2D eigenvalue weighted by Crippen LogP contribution is 2.34. The van der Waals surface area contributed by atoms with E-state index in [1.165, 1.54) is 12.1 Å². The van der Waals surface area contributed by atoms with Crippen molar-refractivity contribution in [1.82, 2.24) is 4.90 Å². The minimum atomic E-state index is -0.443. The Morgan fingerprint density at radius 1 is 1.53 bits per heavy atom. The summed E-state index contributed by atoms with van der Waals surface area (Å²) in [7, 11) is 3.89. The van der Waals surface area contributed by atoms with Crippen molar-refractivity contribution in [3.05, 3.63) is 28.3 Å². The average Bonchev–Trinajstić information content (AvgIpc) is 2.27. The highest BCUT2D eigenvalue weighted by molar-refractivity contribution is 5.75. The van der Waals surface area contributed by atoms with Gasteiger partial charge in [0.15, 0.2) is 0 Å². The summed E-state index contributed by atoms with van der Waals surface area (Å²) in [4.78, 5) is 16.3. The Kier molecular flexibility index (Phi) is 3.06. The molecule has 90 valence electrons. The van der Waals surface area contributed by atoms with Crippen molar-refractivity contribution >= 4 is 17.6 Å². The molecule has 0 saturated heterocycles. The number of nitro benzene ring substituents is 1. The molecular formula is C11H13N3O3. The monoisotopic (exact) mass is 235 g/mol. The van der Waals surface area contributed by atoms with Crippen LogP contribution in [-0.2, 0) is 0 Å². The van der Waals surface area contributed by atoms with Crippen LogP contribution < -0.4 is 4.74 Å². The van der Waals surface area contributed by atoms with Gasteiger partial charge >= 0.3 is 0 Å². The van der Waals surface area contributed by atoms with Crippen LogP contribution in [0.3, 0.4) is 0 Å². The van der Waals surface area contributed by atoms with E-state index >= 15 is 0 Å². The first kappa shape index (κ1) is 11.5. The number of non-ortho nitro benzene ring substituents is 1. The van der Waals surface area contributed by atoms with Crippen LogP contribution in [0.5, 0.6) is 5.75 Å². The van der Waals surface area contributed by atoms with E-state index in [4.69, 9.17) is 4.74 Å². The second kappa shape index (κ2) is 4.50. The van der Waals surface area contributed by atoms with Crippen molar-refractivity contribution in [2.24, 2.45) is 4.99 Å². The third-order valence-corrected chi connectivity index (χ3v) is 2.36. The van der Waals surface area contributed by atoms with Gasteiger partial charge in [0.25, 0.3) is 5.69 Å². The lowest BCUT2D eigenvalue weighted by Gasteiger charge is -2.22. The number of benzene rings is 1. The Balaban J connectivity index is 2.21. The Morgan fingerprint density at radius 3 is 2.94 bits per heavy atom. The van der Waals surface area contributed by atoms with E-state index in [2.05, 4.69) is 4.99 Å². The summed E-state index contributed by atoms with van der Waals surface area (Å²) in [5, 5.41) is 10.6. The first-order valence-electron chi connectivity index (χ1n) is 5.20. The molecule has 0 saturated carbocycles. The van der Waals surface area contributed by atoms with Gasteiger partial charge in [-0.25, -0.2) is 0 Å².